The first-order chi connectivity index (χ1) is 14.4. The lowest BCUT2D eigenvalue weighted by atomic mass is 10.2. The van der Waals surface area contributed by atoms with Crippen LogP contribution in [0.15, 0.2) is 35.4 Å². The summed E-state index contributed by atoms with van der Waals surface area (Å²) < 4.78 is 22.1. The van der Waals surface area contributed by atoms with E-state index in [0.29, 0.717) is 44.3 Å². The van der Waals surface area contributed by atoms with E-state index in [1.54, 1.807) is 30.3 Å². The highest BCUT2D eigenvalue weighted by molar-refractivity contribution is 14.1. The van der Waals surface area contributed by atoms with Gasteiger partial charge in [0.2, 0.25) is 0 Å². The Morgan fingerprint density at radius 2 is 1.83 bits per heavy atom. The van der Waals surface area contributed by atoms with E-state index in [2.05, 4.69) is 33.1 Å². The number of benzene rings is 2. The van der Waals surface area contributed by atoms with Crippen molar-refractivity contribution in [2.24, 2.45) is 10.8 Å². The largest absolute Gasteiger partial charge is 0.493 e. The van der Waals surface area contributed by atoms with Crippen LogP contribution in [0.3, 0.4) is 0 Å². The zero-order valence-corrected chi connectivity index (χ0v) is 18.9. The number of primary amides is 1. The van der Waals surface area contributed by atoms with Crippen LogP contribution >= 0.6 is 22.6 Å². The first-order valence-corrected chi connectivity index (χ1v) is 9.90. The van der Waals surface area contributed by atoms with Gasteiger partial charge in [0.15, 0.2) is 29.6 Å². The number of rotatable bonds is 10. The molecule has 0 spiro atoms. The van der Waals surface area contributed by atoms with Gasteiger partial charge in [-0.2, -0.15) is 5.10 Å². The van der Waals surface area contributed by atoms with E-state index < -0.39 is 11.8 Å². The molecule has 160 valence electrons. The normalized spacial score (nSPS) is 10.5. The highest BCUT2D eigenvalue weighted by atomic mass is 127. The van der Waals surface area contributed by atoms with Gasteiger partial charge in [-0.3, -0.25) is 9.59 Å². The van der Waals surface area contributed by atoms with Crippen LogP contribution in [-0.2, 0) is 4.79 Å². The summed E-state index contributed by atoms with van der Waals surface area (Å²) in [6.45, 7) is 1.97. The highest BCUT2D eigenvalue weighted by Crippen LogP contribution is 2.34. The van der Waals surface area contributed by atoms with E-state index in [0.717, 1.165) is 0 Å². The molecule has 0 fully saturated rings. The molecule has 0 bridgehead atoms. The molecule has 0 aliphatic heterocycles. The van der Waals surface area contributed by atoms with Crippen LogP contribution in [0, 0.1) is 3.57 Å². The van der Waals surface area contributed by atoms with Crippen molar-refractivity contribution in [2.75, 3.05) is 27.4 Å². The van der Waals surface area contributed by atoms with E-state index in [9.17, 15) is 9.59 Å². The summed E-state index contributed by atoms with van der Waals surface area (Å²) in [5.74, 6) is 0.831. The Bertz CT molecular complexity index is 948. The van der Waals surface area contributed by atoms with Crippen molar-refractivity contribution < 1.29 is 28.5 Å². The highest BCUT2D eigenvalue weighted by Gasteiger charge is 2.13. The molecule has 0 radical (unpaired) electrons. The number of ether oxygens (including phenoxy) is 4. The molecule has 2 aromatic carbocycles. The Morgan fingerprint density at radius 1 is 1.10 bits per heavy atom. The van der Waals surface area contributed by atoms with Crippen molar-refractivity contribution in [2.45, 2.75) is 6.92 Å². The smallest absolute Gasteiger partial charge is 0.271 e. The summed E-state index contributed by atoms with van der Waals surface area (Å²) in [7, 11) is 3.01. The van der Waals surface area contributed by atoms with Crippen LogP contribution in [0.1, 0.15) is 22.8 Å². The molecule has 2 aromatic rings. The van der Waals surface area contributed by atoms with Gasteiger partial charge < -0.3 is 24.7 Å². The molecule has 2 rings (SSSR count). The summed E-state index contributed by atoms with van der Waals surface area (Å²) >= 11 is 2.06. The summed E-state index contributed by atoms with van der Waals surface area (Å²) in [5, 5.41) is 3.99. The Balaban J connectivity index is 2.15. The second-order valence-corrected chi connectivity index (χ2v) is 6.95. The second-order valence-electron chi connectivity index (χ2n) is 5.79. The predicted octanol–water partition coefficient (Wildman–Crippen LogP) is 2.34. The third-order valence-corrected chi connectivity index (χ3v) is 4.52. The van der Waals surface area contributed by atoms with Crippen molar-refractivity contribution in [1.82, 2.24) is 5.43 Å². The molecule has 0 aromatic heterocycles. The molecule has 0 saturated heterocycles. The Labute approximate surface area is 187 Å². The van der Waals surface area contributed by atoms with E-state index in [4.69, 9.17) is 24.7 Å². The molecule has 0 saturated carbocycles. The van der Waals surface area contributed by atoms with Crippen molar-refractivity contribution >= 4 is 40.6 Å². The number of carbonyl (C=O) groups excluding carboxylic acids is 2. The van der Waals surface area contributed by atoms with Gasteiger partial charge in [-0.1, -0.05) is 0 Å². The van der Waals surface area contributed by atoms with Gasteiger partial charge in [0.1, 0.15) is 0 Å². The van der Waals surface area contributed by atoms with Gasteiger partial charge >= 0.3 is 0 Å². The van der Waals surface area contributed by atoms with Crippen LogP contribution in [0.2, 0.25) is 0 Å². The standard InChI is InChI=1S/C20H22IN3O6/c1-4-29-17-8-12(7-14(21)19(17)30-11-18(22)25)10-23-24-20(26)13-5-6-15(27-2)16(9-13)28-3/h5-10H,4,11H2,1-3H3,(H2,22,25)(H,24,26)/b23-10+. The van der Waals surface area contributed by atoms with E-state index >= 15 is 0 Å². The van der Waals surface area contributed by atoms with Crippen molar-refractivity contribution in [3.8, 4) is 23.0 Å². The van der Waals surface area contributed by atoms with Crippen LogP contribution in [0.5, 0.6) is 23.0 Å². The lowest BCUT2D eigenvalue weighted by Gasteiger charge is -2.13. The first-order valence-electron chi connectivity index (χ1n) is 8.82. The van der Waals surface area contributed by atoms with Gasteiger partial charge in [-0.25, -0.2) is 5.43 Å². The van der Waals surface area contributed by atoms with Crippen LogP contribution in [-0.4, -0.2) is 45.5 Å². The van der Waals surface area contributed by atoms with Gasteiger partial charge in [0.25, 0.3) is 11.8 Å². The van der Waals surface area contributed by atoms with Crippen molar-refractivity contribution in [3.63, 3.8) is 0 Å². The summed E-state index contributed by atoms with van der Waals surface area (Å²) in [6, 6.07) is 8.26. The fourth-order valence-electron chi connectivity index (χ4n) is 2.42. The molecular weight excluding hydrogens is 505 g/mol. The maximum absolute atomic E-state index is 12.3. The van der Waals surface area contributed by atoms with Crippen molar-refractivity contribution in [1.29, 1.82) is 0 Å². The maximum atomic E-state index is 12.3. The zero-order valence-electron chi connectivity index (χ0n) is 16.7. The molecule has 0 aliphatic carbocycles. The van der Waals surface area contributed by atoms with Crippen LogP contribution in [0.4, 0.5) is 0 Å². The molecule has 9 nitrogen and oxygen atoms in total. The lowest BCUT2D eigenvalue weighted by molar-refractivity contribution is -0.120. The monoisotopic (exact) mass is 527 g/mol. The summed E-state index contributed by atoms with van der Waals surface area (Å²) in [5.41, 5.74) is 8.63. The number of nitrogens with zero attached hydrogens (tertiary/aromatic N) is 1. The minimum atomic E-state index is -0.586. The number of amides is 2. The number of nitrogens with one attached hydrogen (secondary N) is 1. The fourth-order valence-corrected chi connectivity index (χ4v) is 3.20. The minimum absolute atomic E-state index is 0.259. The summed E-state index contributed by atoms with van der Waals surface area (Å²) in [6.07, 6.45) is 1.47. The molecule has 0 aliphatic rings. The Hall–Kier alpha value is -3.02. The number of methoxy groups -OCH3 is 2. The number of halogens is 1. The molecule has 0 atom stereocenters. The maximum Gasteiger partial charge on any atom is 0.271 e. The third kappa shape index (κ3) is 6.24. The predicted molar refractivity (Wildman–Crippen MR) is 120 cm³/mol. The van der Waals surface area contributed by atoms with Crippen LogP contribution < -0.4 is 30.1 Å². The number of carbonyl (C=O) groups is 2. The molecule has 2 amide bonds. The lowest BCUT2D eigenvalue weighted by Crippen LogP contribution is -2.20. The topological polar surface area (TPSA) is 121 Å². The molecule has 3 N–H and O–H groups in total. The zero-order chi connectivity index (χ0) is 22.1. The van der Waals surface area contributed by atoms with Crippen LogP contribution in [0.25, 0.3) is 0 Å². The third-order valence-electron chi connectivity index (χ3n) is 3.72. The molecule has 0 unspecified atom stereocenters. The Kier molecular flexibility index (Phi) is 8.71. The van der Waals surface area contributed by atoms with Crippen molar-refractivity contribution in [3.05, 3.63) is 45.0 Å². The van der Waals surface area contributed by atoms with E-state index in [1.807, 2.05) is 6.92 Å². The average molecular weight is 527 g/mol. The SMILES string of the molecule is CCOc1cc(/C=N/NC(=O)c2ccc(OC)c(OC)c2)cc(I)c1OCC(N)=O. The second kappa shape index (κ2) is 11.2. The first kappa shape index (κ1) is 23.3. The quantitative estimate of drug-likeness (QED) is 0.278. The Morgan fingerprint density at radius 3 is 2.47 bits per heavy atom. The summed E-state index contributed by atoms with van der Waals surface area (Å²) in [4.78, 5) is 23.3. The van der Waals surface area contributed by atoms with Gasteiger partial charge in [-0.15, -0.1) is 0 Å². The van der Waals surface area contributed by atoms with Gasteiger partial charge in [0.05, 0.1) is 30.6 Å². The molecule has 0 heterocycles. The fraction of sp³-hybridized carbons (Fsp3) is 0.250. The van der Waals surface area contributed by atoms with E-state index in [1.165, 1.54) is 20.4 Å². The van der Waals surface area contributed by atoms with Gasteiger partial charge in [-0.05, 0) is 65.4 Å². The molecule has 30 heavy (non-hydrogen) atoms. The molecule has 10 heteroatoms. The minimum Gasteiger partial charge on any atom is -0.493 e. The number of hydrogen-bond acceptors (Lipinski definition) is 7. The number of hydrazone groups is 1. The van der Waals surface area contributed by atoms with Gasteiger partial charge in [0, 0.05) is 5.56 Å². The van der Waals surface area contributed by atoms with E-state index in [-0.39, 0.29) is 6.61 Å². The molecular formula is C20H22IN3O6. The average Bonchev–Trinajstić information content (AvgIpc) is 2.72. The number of nitrogens with two attached hydrogens (primary N) is 1. The number of hydrogen-bond donors (Lipinski definition) is 2.